The van der Waals surface area contributed by atoms with Crippen molar-refractivity contribution >= 4 is 31.4 Å². The van der Waals surface area contributed by atoms with Crippen molar-refractivity contribution in [3.63, 3.8) is 0 Å². The van der Waals surface area contributed by atoms with Crippen LogP contribution >= 0.6 is 0 Å². The first-order valence-corrected chi connectivity index (χ1v) is 9.58. The molecule has 1 aliphatic carbocycles. The number of halogens is 3. The van der Waals surface area contributed by atoms with Crippen LogP contribution in [0.1, 0.15) is 24.2 Å². The summed E-state index contributed by atoms with van der Waals surface area (Å²) in [6.07, 6.45) is -0.825. The predicted molar refractivity (Wildman–Crippen MR) is 84.2 cm³/mol. The Hall–Kier alpha value is -1.88. The number of hydrogen-bond acceptors (Lipinski definition) is 3. The van der Waals surface area contributed by atoms with Gasteiger partial charge in [0.05, 0.1) is 0 Å². The number of nitrogens with zero attached hydrogens (tertiary/aromatic N) is 4. The third-order valence-electron chi connectivity index (χ3n) is 3.75. The number of alkyl halides is 3. The van der Waals surface area contributed by atoms with Crippen LogP contribution in [-0.4, -0.2) is 35.3 Å². The topological polar surface area (TPSA) is 43.6 Å². The van der Waals surface area contributed by atoms with E-state index in [4.69, 9.17) is 0 Å². The summed E-state index contributed by atoms with van der Waals surface area (Å²) in [6, 6.07) is 9.54. The van der Waals surface area contributed by atoms with Gasteiger partial charge in [0, 0.05) is 0 Å². The van der Waals surface area contributed by atoms with Crippen LogP contribution in [0.25, 0.3) is 11.2 Å². The predicted octanol–water partition coefficient (Wildman–Crippen LogP) is 2.81. The van der Waals surface area contributed by atoms with Crippen molar-refractivity contribution in [3.8, 4) is 0 Å². The summed E-state index contributed by atoms with van der Waals surface area (Å²) in [7, 11) is 0. The van der Waals surface area contributed by atoms with Gasteiger partial charge in [-0.15, -0.1) is 0 Å². The van der Waals surface area contributed by atoms with Crippen LogP contribution in [0.4, 0.5) is 13.2 Å². The summed E-state index contributed by atoms with van der Waals surface area (Å²) in [6.45, 7) is 0.436. The van der Waals surface area contributed by atoms with Crippen molar-refractivity contribution in [2.45, 2.75) is 30.3 Å². The Bertz CT molecular complexity index is 872. The molecule has 0 unspecified atom stereocenters. The van der Waals surface area contributed by atoms with Gasteiger partial charge in [0.15, 0.2) is 0 Å². The second-order valence-corrected chi connectivity index (χ2v) is 8.72. The zero-order valence-corrected chi connectivity index (χ0v) is 14.4. The molecule has 1 saturated carbocycles. The first-order valence-electron chi connectivity index (χ1n) is 7.55. The van der Waals surface area contributed by atoms with E-state index in [2.05, 4.69) is 15.0 Å². The number of aromatic nitrogens is 4. The fourth-order valence-corrected chi connectivity index (χ4v) is 4.91. The van der Waals surface area contributed by atoms with Gasteiger partial charge in [-0.2, -0.15) is 0 Å². The molecule has 0 spiro atoms. The van der Waals surface area contributed by atoms with Gasteiger partial charge in [0.25, 0.3) is 0 Å². The molecule has 1 aromatic carbocycles. The van der Waals surface area contributed by atoms with Crippen LogP contribution in [0, 0.1) is 0 Å². The zero-order chi connectivity index (χ0) is 16.7. The minimum absolute atomic E-state index is 0.271. The molecule has 2 aromatic heterocycles. The van der Waals surface area contributed by atoms with Crippen molar-refractivity contribution in [2.24, 2.45) is 0 Å². The van der Waals surface area contributed by atoms with Crippen LogP contribution in [-0.2, 0) is 12.7 Å². The first-order chi connectivity index (χ1) is 11.5. The summed E-state index contributed by atoms with van der Waals surface area (Å²) in [5.41, 5.74) is 1.78. The van der Waals surface area contributed by atoms with E-state index in [1.807, 2.05) is 30.3 Å². The number of rotatable bonds is 4. The molecule has 1 fully saturated rings. The second-order valence-electron chi connectivity index (χ2n) is 5.76. The molecule has 0 aliphatic heterocycles. The van der Waals surface area contributed by atoms with Gasteiger partial charge in [0.1, 0.15) is 0 Å². The van der Waals surface area contributed by atoms with Gasteiger partial charge in [-0.05, 0) is 0 Å². The third-order valence-corrected chi connectivity index (χ3v) is 6.76. The number of imidazole rings is 1. The number of fused-ring (bicyclic) bond motifs is 1. The van der Waals surface area contributed by atoms with Crippen LogP contribution in [0.3, 0.4) is 0 Å². The minimum atomic E-state index is -4.55. The van der Waals surface area contributed by atoms with Crippen LogP contribution in [0.5, 0.6) is 0 Å². The van der Waals surface area contributed by atoms with Crippen molar-refractivity contribution < 1.29 is 13.2 Å². The molecule has 0 saturated heterocycles. The molecule has 4 rings (SSSR count). The van der Waals surface area contributed by atoms with Gasteiger partial charge >= 0.3 is 142 Å². The van der Waals surface area contributed by atoms with E-state index in [0.717, 1.165) is 18.4 Å². The molecule has 2 heterocycles. The second kappa shape index (κ2) is 5.88. The van der Waals surface area contributed by atoms with Gasteiger partial charge in [-0.3, -0.25) is 0 Å². The summed E-state index contributed by atoms with van der Waals surface area (Å²) in [4.78, 5) is 11.9. The van der Waals surface area contributed by atoms with Crippen LogP contribution in [0.2, 0.25) is 4.71 Å². The molecule has 4 nitrogen and oxygen atoms in total. The van der Waals surface area contributed by atoms with E-state index >= 15 is 0 Å². The quantitative estimate of drug-likeness (QED) is 0.641. The van der Waals surface area contributed by atoms with Crippen LogP contribution in [0.15, 0.2) is 36.7 Å². The van der Waals surface area contributed by atoms with Gasteiger partial charge in [0.2, 0.25) is 0 Å². The standard InChI is InChI=1S/C16H13AsF3N4/c18-16(19,20)15-22-13(17-11-6-7-11)12-14(23-15)24(9-21-12)8-10-4-2-1-3-5-10/h1-5,9,11H,6-8H2. The molecule has 24 heavy (non-hydrogen) atoms. The maximum absolute atomic E-state index is 13.2. The molecular weight excluding hydrogens is 380 g/mol. The Morgan fingerprint density at radius 1 is 1.12 bits per heavy atom. The molecule has 1 aliphatic rings. The summed E-state index contributed by atoms with van der Waals surface area (Å²) in [5, 5.41) is 0. The summed E-state index contributed by atoms with van der Waals surface area (Å²) >= 11 is -0.401. The van der Waals surface area contributed by atoms with Crippen molar-refractivity contribution in [1.82, 2.24) is 19.5 Å². The van der Waals surface area contributed by atoms with E-state index in [1.54, 1.807) is 10.9 Å². The Kier molecular flexibility index (Phi) is 3.83. The van der Waals surface area contributed by atoms with E-state index in [0.29, 0.717) is 21.2 Å². The van der Waals surface area contributed by atoms with Gasteiger partial charge in [-0.1, -0.05) is 0 Å². The zero-order valence-electron chi connectivity index (χ0n) is 12.5. The molecule has 123 valence electrons. The fraction of sp³-hybridized carbons (Fsp3) is 0.312. The normalized spacial score (nSPS) is 15.6. The summed E-state index contributed by atoms with van der Waals surface area (Å²) in [5.74, 6) is -1.06. The SMILES string of the molecule is FC(F)(F)c1nc([As]C2CC2)c2ncn(Cc3ccccc3)c2n1. The Balaban J connectivity index is 1.80. The average Bonchev–Trinajstić information content (AvgIpc) is 3.27. The Labute approximate surface area is 142 Å². The molecule has 0 atom stereocenters. The van der Waals surface area contributed by atoms with E-state index in [1.165, 1.54) is 0 Å². The van der Waals surface area contributed by atoms with Crippen molar-refractivity contribution in [2.75, 3.05) is 0 Å². The molecular formula is C16H13AsF3N4. The molecule has 8 heteroatoms. The summed E-state index contributed by atoms with van der Waals surface area (Å²) < 4.78 is 42.2. The molecule has 0 N–H and O–H groups in total. The monoisotopic (exact) mass is 393 g/mol. The van der Waals surface area contributed by atoms with Crippen molar-refractivity contribution in [3.05, 3.63) is 48.0 Å². The Morgan fingerprint density at radius 3 is 2.54 bits per heavy atom. The van der Waals surface area contributed by atoms with E-state index in [-0.39, 0.29) is 5.65 Å². The van der Waals surface area contributed by atoms with E-state index < -0.39 is 27.8 Å². The third kappa shape index (κ3) is 3.18. The van der Waals surface area contributed by atoms with Gasteiger partial charge in [-0.25, -0.2) is 0 Å². The molecule has 0 amide bonds. The number of benzene rings is 1. The fourth-order valence-electron chi connectivity index (χ4n) is 2.42. The molecule has 0 bridgehead atoms. The van der Waals surface area contributed by atoms with Gasteiger partial charge < -0.3 is 0 Å². The van der Waals surface area contributed by atoms with Crippen molar-refractivity contribution in [1.29, 1.82) is 0 Å². The van der Waals surface area contributed by atoms with E-state index in [9.17, 15) is 13.2 Å². The molecule has 3 aromatic rings. The maximum atomic E-state index is 13.2. The molecule has 1 radical (unpaired) electrons. The number of hydrogen-bond donors (Lipinski definition) is 0. The Morgan fingerprint density at radius 2 is 1.88 bits per heavy atom. The first kappa shape index (κ1) is 15.6. The van der Waals surface area contributed by atoms with Crippen LogP contribution < -0.4 is 4.48 Å². The average molecular weight is 393 g/mol.